The minimum atomic E-state index is 0.339. The molecule has 1 aromatic heterocycles. The lowest BCUT2D eigenvalue weighted by molar-refractivity contribution is 0.354. The molecule has 2 aromatic rings. The summed E-state index contributed by atoms with van der Waals surface area (Å²) in [7, 11) is 3.28. The summed E-state index contributed by atoms with van der Waals surface area (Å²) < 4.78 is 15.5. The molecule has 0 aliphatic rings. The number of methoxy groups -OCH3 is 2. The minimum Gasteiger partial charge on any atom is -0.493 e. The van der Waals surface area contributed by atoms with Crippen molar-refractivity contribution in [1.29, 1.82) is 0 Å². The SMILES string of the molecule is COc1ccc(CC(C)NCCc2ncno2)cc1OC. The van der Waals surface area contributed by atoms with Gasteiger partial charge in [-0.25, -0.2) is 0 Å². The molecule has 1 unspecified atom stereocenters. The Balaban J connectivity index is 1.83. The van der Waals surface area contributed by atoms with Crippen LogP contribution in [0.2, 0.25) is 0 Å². The Bertz CT molecular complexity index is 543. The maximum atomic E-state index is 5.32. The number of rotatable bonds is 8. The van der Waals surface area contributed by atoms with E-state index < -0.39 is 0 Å². The minimum absolute atomic E-state index is 0.339. The Morgan fingerprint density at radius 3 is 2.71 bits per heavy atom. The molecule has 6 heteroatoms. The largest absolute Gasteiger partial charge is 0.493 e. The van der Waals surface area contributed by atoms with Gasteiger partial charge in [0.2, 0.25) is 5.89 Å². The lowest BCUT2D eigenvalue weighted by Gasteiger charge is -2.15. The molecule has 0 spiro atoms. The Kier molecular flexibility index (Phi) is 5.57. The molecule has 0 saturated heterocycles. The number of nitrogens with zero attached hydrogens (tertiary/aromatic N) is 2. The number of ether oxygens (including phenoxy) is 2. The van der Waals surface area contributed by atoms with E-state index in [0.717, 1.165) is 30.9 Å². The molecule has 0 aliphatic heterocycles. The molecule has 0 amide bonds. The predicted octanol–water partition coefficient (Wildman–Crippen LogP) is 1.85. The Morgan fingerprint density at radius 1 is 1.24 bits per heavy atom. The zero-order valence-corrected chi connectivity index (χ0v) is 12.6. The van der Waals surface area contributed by atoms with E-state index in [1.807, 2.05) is 12.1 Å². The van der Waals surface area contributed by atoms with Crippen LogP contribution in [0.25, 0.3) is 0 Å². The topological polar surface area (TPSA) is 69.4 Å². The zero-order valence-electron chi connectivity index (χ0n) is 12.6. The van der Waals surface area contributed by atoms with Gasteiger partial charge in [-0.05, 0) is 31.0 Å². The van der Waals surface area contributed by atoms with Crippen LogP contribution in [0.15, 0.2) is 29.0 Å². The summed E-state index contributed by atoms with van der Waals surface area (Å²) in [6, 6.07) is 6.33. The molecule has 1 heterocycles. The molecule has 114 valence electrons. The van der Waals surface area contributed by atoms with Crippen LogP contribution in [-0.2, 0) is 12.8 Å². The number of hydrogen-bond donors (Lipinski definition) is 1. The quantitative estimate of drug-likeness (QED) is 0.800. The average Bonchev–Trinajstić information content (AvgIpc) is 3.00. The second-order valence-corrected chi connectivity index (χ2v) is 4.83. The van der Waals surface area contributed by atoms with E-state index in [1.165, 1.54) is 11.9 Å². The van der Waals surface area contributed by atoms with Crippen LogP contribution in [0, 0.1) is 0 Å². The summed E-state index contributed by atoms with van der Waals surface area (Å²) in [5.74, 6) is 2.16. The van der Waals surface area contributed by atoms with Crippen LogP contribution in [0.4, 0.5) is 0 Å². The van der Waals surface area contributed by atoms with Gasteiger partial charge in [-0.15, -0.1) is 0 Å². The molecule has 0 aliphatic carbocycles. The molecule has 2 rings (SSSR count). The molecule has 6 nitrogen and oxygen atoms in total. The van der Waals surface area contributed by atoms with Gasteiger partial charge in [0, 0.05) is 19.0 Å². The Labute approximate surface area is 124 Å². The fourth-order valence-electron chi connectivity index (χ4n) is 2.16. The molecule has 0 fully saturated rings. The van der Waals surface area contributed by atoms with Gasteiger partial charge in [0.15, 0.2) is 17.8 Å². The smallest absolute Gasteiger partial charge is 0.227 e. The highest BCUT2D eigenvalue weighted by Crippen LogP contribution is 2.27. The zero-order chi connectivity index (χ0) is 15.1. The maximum absolute atomic E-state index is 5.32. The first kappa shape index (κ1) is 15.3. The average molecular weight is 291 g/mol. The van der Waals surface area contributed by atoms with Crippen molar-refractivity contribution in [3.8, 4) is 11.5 Å². The van der Waals surface area contributed by atoms with Crippen LogP contribution in [0.1, 0.15) is 18.4 Å². The highest BCUT2D eigenvalue weighted by Gasteiger charge is 2.08. The summed E-state index contributed by atoms with van der Waals surface area (Å²) in [5.41, 5.74) is 1.20. The van der Waals surface area contributed by atoms with Crippen molar-refractivity contribution in [2.75, 3.05) is 20.8 Å². The van der Waals surface area contributed by atoms with Crippen molar-refractivity contribution in [1.82, 2.24) is 15.5 Å². The molecular formula is C15H21N3O3. The fourth-order valence-corrected chi connectivity index (χ4v) is 2.16. The molecule has 0 bridgehead atoms. The van der Waals surface area contributed by atoms with Crippen LogP contribution in [0.5, 0.6) is 11.5 Å². The van der Waals surface area contributed by atoms with E-state index in [1.54, 1.807) is 14.2 Å². The first-order chi connectivity index (χ1) is 10.2. The van der Waals surface area contributed by atoms with Crippen molar-refractivity contribution >= 4 is 0 Å². The third-order valence-corrected chi connectivity index (χ3v) is 3.23. The summed E-state index contributed by atoms with van der Waals surface area (Å²) in [4.78, 5) is 3.99. The number of nitrogens with one attached hydrogen (secondary N) is 1. The van der Waals surface area contributed by atoms with E-state index in [-0.39, 0.29) is 0 Å². The summed E-state index contributed by atoms with van der Waals surface area (Å²) in [5, 5.41) is 7.02. The Morgan fingerprint density at radius 2 is 2.05 bits per heavy atom. The van der Waals surface area contributed by atoms with Crippen molar-refractivity contribution < 1.29 is 14.0 Å². The van der Waals surface area contributed by atoms with Gasteiger partial charge in [0.25, 0.3) is 0 Å². The fraction of sp³-hybridized carbons (Fsp3) is 0.467. The van der Waals surface area contributed by atoms with E-state index in [9.17, 15) is 0 Å². The van der Waals surface area contributed by atoms with Crippen molar-refractivity contribution in [3.05, 3.63) is 36.0 Å². The van der Waals surface area contributed by atoms with Gasteiger partial charge in [-0.1, -0.05) is 11.2 Å². The monoisotopic (exact) mass is 291 g/mol. The third-order valence-electron chi connectivity index (χ3n) is 3.23. The van der Waals surface area contributed by atoms with Gasteiger partial charge >= 0.3 is 0 Å². The molecule has 0 saturated carbocycles. The van der Waals surface area contributed by atoms with E-state index in [4.69, 9.17) is 14.0 Å². The molecule has 0 radical (unpaired) electrons. The van der Waals surface area contributed by atoms with Gasteiger partial charge in [-0.3, -0.25) is 0 Å². The molecule has 21 heavy (non-hydrogen) atoms. The van der Waals surface area contributed by atoms with Gasteiger partial charge in [0.05, 0.1) is 14.2 Å². The lowest BCUT2D eigenvalue weighted by atomic mass is 10.1. The van der Waals surface area contributed by atoms with Crippen molar-refractivity contribution in [3.63, 3.8) is 0 Å². The molecule has 1 atom stereocenters. The second-order valence-electron chi connectivity index (χ2n) is 4.83. The standard InChI is InChI=1S/C15H21N3O3/c1-11(16-7-6-15-17-10-18-21-15)8-12-4-5-13(19-2)14(9-12)20-3/h4-5,9-11,16H,6-8H2,1-3H3. The normalized spacial score (nSPS) is 12.1. The van der Waals surface area contributed by atoms with E-state index in [2.05, 4.69) is 28.4 Å². The maximum Gasteiger partial charge on any atom is 0.227 e. The predicted molar refractivity (Wildman–Crippen MR) is 78.7 cm³/mol. The number of benzene rings is 1. The molecular weight excluding hydrogens is 270 g/mol. The molecule has 1 aromatic carbocycles. The summed E-state index contributed by atoms with van der Waals surface area (Å²) in [6.07, 6.45) is 3.06. The third kappa shape index (κ3) is 4.46. The Hall–Kier alpha value is -2.08. The van der Waals surface area contributed by atoms with Crippen molar-refractivity contribution in [2.24, 2.45) is 0 Å². The van der Waals surface area contributed by atoms with Crippen LogP contribution < -0.4 is 14.8 Å². The highest BCUT2D eigenvalue weighted by atomic mass is 16.5. The second kappa shape index (κ2) is 7.64. The van der Waals surface area contributed by atoms with Crippen molar-refractivity contribution in [2.45, 2.75) is 25.8 Å². The summed E-state index contributed by atoms with van der Waals surface area (Å²) in [6.45, 7) is 2.95. The van der Waals surface area contributed by atoms with E-state index >= 15 is 0 Å². The van der Waals surface area contributed by atoms with Gasteiger partial charge in [-0.2, -0.15) is 4.98 Å². The van der Waals surface area contributed by atoms with E-state index in [0.29, 0.717) is 11.9 Å². The summed E-state index contributed by atoms with van der Waals surface area (Å²) >= 11 is 0. The van der Waals surface area contributed by atoms with Gasteiger partial charge in [0.1, 0.15) is 0 Å². The number of aromatic nitrogens is 2. The molecule has 1 N–H and O–H groups in total. The first-order valence-electron chi connectivity index (χ1n) is 6.92. The number of hydrogen-bond acceptors (Lipinski definition) is 6. The van der Waals surface area contributed by atoms with Crippen LogP contribution in [0.3, 0.4) is 0 Å². The lowest BCUT2D eigenvalue weighted by Crippen LogP contribution is -2.30. The van der Waals surface area contributed by atoms with Crippen LogP contribution >= 0.6 is 0 Å². The highest BCUT2D eigenvalue weighted by molar-refractivity contribution is 5.43. The van der Waals surface area contributed by atoms with Gasteiger partial charge < -0.3 is 19.3 Å². The van der Waals surface area contributed by atoms with Crippen LogP contribution in [-0.4, -0.2) is 36.9 Å². The first-order valence-corrected chi connectivity index (χ1v) is 6.92.